The third-order valence-electron chi connectivity index (χ3n) is 4.65. The van der Waals surface area contributed by atoms with Gasteiger partial charge >= 0.3 is 0 Å². The zero-order chi connectivity index (χ0) is 20.8. The maximum atomic E-state index is 12.5. The number of methoxy groups -OCH3 is 1. The Bertz CT molecular complexity index is 1110. The van der Waals surface area contributed by atoms with Gasteiger partial charge in [0.1, 0.15) is 11.4 Å². The highest BCUT2D eigenvalue weighted by Gasteiger charge is 2.15. The lowest BCUT2D eigenvalue weighted by molar-refractivity contribution is -0.116. The molecule has 2 aromatic carbocycles. The van der Waals surface area contributed by atoms with Crippen LogP contribution in [0.2, 0.25) is 0 Å². The van der Waals surface area contributed by atoms with E-state index < -0.39 is 0 Å². The van der Waals surface area contributed by atoms with Crippen LogP contribution in [0, 0.1) is 0 Å². The highest BCUT2D eigenvalue weighted by Crippen LogP contribution is 2.31. The molecular weight excluding hydrogens is 394 g/mol. The van der Waals surface area contributed by atoms with Crippen LogP contribution in [0.1, 0.15) is 12.0 Å². The summed E-state index contributed by atoms with van der Waals surface area (Å²) >= 11 is 1.56. The first-order valence-electron chi connectivity index (χ1n) is 9.62. The molecule has 5 nitrogen and oxygen atoms in total. The van der Waals surface area contributed by atoms with Crippen LogP contribution in [-0.4, -0.2) is 23.0 Å². The van der Waals surface area contributed by atoms with E-state index in [9.17, 15) is 4.79 Å². The second-order valence-corrected chi connectivity index (χ2v) is 7.64. The third-order valence-corrected chi connectivity index (χ3v) is 5.53. The van der Waals surface area contributed by atoms with Gasteiger partial charge in [0, 0.05) is 12.0 Å². The lowest BCUT2D eigenvalue weighted by Gasteiger charge is -2.11. The van der Waals surface area contributed by atoms with E-state index in [2.05, 4.69) is 10.3 Å². The van der Waals surface area contributed by atoms with Crippen molar-refractivity contribution in [2.24, 2.45) is 0 Å². The first-order chi connectivity index (χ1) is 14.7. The fourth-order valence-corrected chi connectivity index (χ4v) is 3.78. The number of thiophene rings is 1. The monoisotopic (exact) mass is 415 g/mol. The summed E-state index contributed by atoms with van der Waals surface area (Å²) in [5, 5.41) is 4.92. The molecule has 0 unspecified atom stereocenters. The van der Waals surface area contributed by atoms with Gasteiger partial charge in [0.25, 0.3) is 0 Å². The molecule has 0 radical (unpaired) electrons. The molecule has 2 heterocycles. The second kappa shape index (κ2) is 9.33. The first-order valence-corrected chi connectivity index (χ1v) is 10.5. The van der Waals surface area contributed by atoms with Gasteiger partial charge < -0.3 is 10.1 Å². The van der Waals surface area contributed by atoms with Crippen LogP contribution in [-0.2, 0) is 11.2 Å². The summed E-state index contributed by atoms with van der Waals surface area (Å²) in [5.41, 5.74) is 3.48. The average molecular weight is 416 g/mol. The van der Waals surface area contributed by atoms with Crippen LogP contribution >= 0.6 is 11.3 Å². The van der Waals surface area contributed by atoms with Crippen molar-refractivity contribution in [3.8, 4) is 27.6 Å². The average Bonchev–Trinajstić information content (AvgIpc) is 3.34. The number of rotatable bonds is 7. The Morgan fingerprint density at radius 2 is 1.83 bits per heavy atom. The van der Waals surface area contributed by atoms with Crippen LogP contribution in [0.5, 0.6) is 5.75 Å². The van der Waals surface area contributed by atoms with Crippen molar-refractivity contribution < 1.29 is 9.53 Å². The maximum absolute atomic E-state index is 12.5. The summed E-state index contributed by atoms with van der Waals surface area (Å²) < 4.78 is 5.22. The minimum atomic E-state index is -0.0804. The quantitative estimate of drug-likeness (QED) is 0.436. The van der Waals surface area contributed by atoms with Crippen molar-refractivity contribution >= 4 is 23.1 Å². The second-order valence-electron chi connectivity index (χ2n) is 6.69. The summed E-state index contributed by atoms with van der Waals surface area (Å²) in [6.07, 6.45) is 2.75. The zero-order valence-electron chi connectivity index (χ0n) is 16.5. The van der Waals surface area contributed by atoms with Crippen LogP contribution in [0.25, 0.3) is 21.8 Å². The van der Waals surface area contributed by atoms with Gasteiger partial charge in [0.2, 0.25) is 5.91 Å². The molecule has 1 N–H and O–H groups in total. The topological polar surface area (TPSA) is 64.1 Å². The van der Waals surface area contributed by atoms with Gasteiger partial charge in [-0.1, -0.05) is 36.4 Å². The number of aryl methyl sites for hydroxylation is 1. The van der Waals surface area contributed by atoms with Crippen molar-refractivity contribution in [2.75, 3.05) is 12.4 Å². The Hall–Kier alpha value is -3.51. The fourth-order valence-electron chi connectivity index (χ4n) is 3.06. The molecule has 4 aromatic rings. The molecule has 0 spiro atoms. The standard InChI is InChI=1S/C24H21N3O2S/c1-29-19-12-10-18(11-13-19)20-16-25-24(23(26-20)21-8-5-15-30-21)27-22(28)14-9-17-6-3-2-4-7-17/h2-8,10-13,15-16H,9,14H2,1H3,(H,25,27,28). The Morgan fingerprint density at radius 1 is 1.03 bits per heavy atom. The number of amides is 1. The maximum Gasteiger partial charge on any atom is 0.225 e. The highest BCUT2D eigenvalue weighted by atomic mass is 32.1. The third kappa shape index (κ3) is 4.72. The van der Waals surface area contributed by atoms with Crippen molar-refractivity contribution in [1.29, 1.82) is 0 Å². The van der Waals surface area contributed by atoms with Gasteiger partial charge in [0.15, 0.2) is 5.82 Å². The number of aromatic nitrogens is 2. The molecule has 30 heavy (non-hydrogen) atoms. The predicted molar refractivity (Wildman–Crippen MR) is 121 cm³/mol. The van der Waals surface area contributed by atoms with Gasteiger partial charge in [-0.2, -0.15) is 0 Å². The van der Waals surface area contributed by atoms with E-state index in [-0.39, 0.29) is 5.91 Å². The van der Waals surface area contributed by atoms with Gasteiger partial charge in [-0.25, -0.2) is 9.97 Å². The van der Waals surface area contributed by atoms with Crippen LogP contribution in [0.15, 0.2) is 78.3 Å². The molecule has 4 rings (SSSR count). The van der Waals surface area contributed by atoms with Crippen LogP contribution in [0.3, 0.4) is 0 Å². The summed E-state index contributed by atoms with van der Waals surface area (Å²) in [5.74, 6) is 1.18. The normalized spacial score (nSPS) is 10.6. The van der Waals surface area contributed by atoms with Crippen LogP contribution in [0.4, 0.5) is 5.82 Å². The molecule has 0 saturated carbocycles. The summed E-state index contributed by atoms with van der Waals surface area (Å²) in [4.78, 5) is 22.8. The number of hydrogen-bond donors (Lipinski definition) is 1. The van der Waals surface area contributed by atoms with E-state index in [0.29, 0.717) is 24.4 Å². The fraction of sp³-hybridized carbons (Fsp3) is 0.125. The molecule has 0 aliphatic carbocycles. The van der Waals surface area contributed by atoms with Crippen molar-refractivity contribution in [2.45, 2.75) is 12.8 Å². The van der Waals surface area contributed by atoms with E-state index in [1.807, 2.05) is 72.1 Å². The summed E-state index contributed by atoms with van der Waals surface area (Å²) in [6.45, 7) is 0. The minimum absolute atomic E-state index is 0.0804. The summed E-state index contributed by atoms with van der Waals surface area (Å²) in [6, 6.07) is 21.6. The zero-order valence-corrected chi connectivity index (χ0v) is 17.4. The Kier molecular flexibility index (Phi) is 6.15. The van der Waals surface area contributed by atoms with Gasteiger partial charge in [-0.3, -0.25) is 4.79 Å². The molecule has 0 aliphatic rings. The Balaban J connectivity index is 1.56. The van der Waals surface area contributed by atoms with Crippen LogP contribution < -0.4 is 10.1 Å². The smallest absolute Gasteiger partial charge is 0.225 e. The number of hydrogen-bond acceptors (Lipinski definition) is 5. The molecule has 150 valence electrons. The highest BCUT2D eigenvalue weighted by molar-refractivity contribution is 7.13. The lowest BCUT2D eigenvalue weighted by atomic mass is 10.1. The lowest BCUT2D eigenvalue weighted by Crippen LogP contribution is -2.14. The Morgan fingerprint density at radius 3 is 2.53 bits per heavy atom. The van der Waals surface area contributed by atoms with E-state index in [0.717, 1.165) is 27.4 Å². The molecule has 1 amide bonds. The first kappa shape index (κ1) is 19.8. The Labute approximate surface area is 179 Å². The van der Waals surface area contributed by atoms with Crippen molar-refractivity contribution in [3.05, 3.63) is 83.9 Å². The van der Waals surface area contributed by atoms with Crippen molar-refractivity contribution in [1.82, 2.24) is 9.97 Å². The number of nitrogens with one attached hydrogen (secondary N) is 1. The molecule has 6 heteroatoms. The van der Waals surface area contributed by atoms with E-state index >= 15 is 0 Å². The molecule has 0 aliphatic heterocycles. The largest absolute Gasteiger partial charge is 0.497 e. The number of carbonyl (C=O) groups excluding carboxylic acids is 1. The molecule has 2 aromatic heterocycles. The van der Waals surface area contributed by atoms with E-state index in [1.54, 1.807) is 24.6 Å². The molecule has 0 saturated heterocycles. The number of nitrogens with zero attached hydrogens (tertiary/aromatic N) is 2. The van der Waals surface area contributed by atoms with Crippen molar-refractivity contribution in [3.63, 3.8) is 0 Å². The van der Waals surface area contributed by atoms with Gasteiger partial charge in [-0.05, 0) is 47.7 Å². The molecular formula is C24H21N3O2S. The molecule has 0 fully saturated rings. The summed E-state index contributed by atoms with van der Waals surface area (Å²) in [7, 11) is 1.64. The molecule has 0 atom stereocenters. The number of benzene rings is 2. The molecule has 0 bridgehead atoms. The predicted octanol–water partition coefficient (Wildman–Crippen LogP) is 5.45. The van der Waals surface area contributed by atoms with E-state index in [4.69, 9.17) is 9.72 Å². The van der Waals surface area contributed by atoms with Gasteiger partial charge in [-0.15, -0.1) is 11.3 Å². The number of carbonyl (C=O) groups is 1. The number of anilines is 1. The number of ether oxygens (including phenoxy) is 1. The SMILES string of the molecule is COc1ccc(-c2cnc(NC(=O)CCc3ccccc3)c(-c3cccs3)n2)cc1. The van der Waals surface area contributed by atoms with Gasteiger partial charge in [0.05, 0.1) is 23.9 Å². The minimum Gasteiger partial charge on any atom is -0.497 e. The van der Waals surface area contributed by atoms with E-state index in [1.165, 1.54) is 0 Å².